The van der Waals surface area contributed by atoms with E-state index in [9.17, 15) is 4.79 Å². The van der Waals surface area contributed by atoms with Crippen molar-refractivity contribution in [2.75, 3.05) is 13.1 Å². The van der Waals surface area contributed by atoms with Crippen LogP contribution in [0.4, 0.5) is 0 Å². The summed E-state index contributed by atoms with van der Waals surface area (Å²) < 4.78 is 2.28. The van der Waals surface area contributed by atoms with E-state index in [0.29, 0.717) is 5.02 Å². The fourth-order valence-corrected chi connectivity index (χ4v) is 4.28. The molecule has 1 unspecified atom stereocenters. The second kappa shape index (κ2) is 7.83. The summed E-state index contributed by atoms with van der Waals surface area (Å²) in [4.78, 5) is 20.1. The van der Waals surface area contributed by atoms with Crippen LogP contribution in [0, 0.1) is 5.92 Å². The van der Waals surface area contributed by atoms with E-state index in [0.717, 1.165) is 55.9 Å². The molecule has 0 aliphatic carbocycles. The SMILES string of the molecule is CCn1c(CN2CCCC(C(=O)c3cccc(Cl)c3)C2)nc2ccccc21. The molecule has 0 bridgehead atoms. The van der Waals surface area contributed by atoms with Gasteiger partial charge in [0.15, 0.2) is 5.78 Å². The molecule has 1 fully saturated rings. The minimum Gasteiger partial charge on any atom is -0.327 e. The number of fused-ring (bicyclic) bond motifs is 1. The summed E-state index contributed by atoms with van der Waals surface area (Å²) in [6, 6.07) is 15.6. The Morgan fingerprint density at radius 1 is 1.22 bits per heavy atom. The van der Waals surface area contributed by atoms with Gasteiger partial charge in [0.05, 0.1) is 17.6 Å². The molecule has 5 heteroatoms. The van der Waals surface area contributed by atoms with Crippen LogP contribution in [-0.4, -0.2) is 33.3 Å². The number of carbonyl (C=O) groups excluding carboxylic acids is 1. The number of Topliss-reactive ketones (excluding diaryl/α,β-unsaturated/α-hetero) is 1. The number of halogens is 1. The number of likely N-dealkylation sites (tertiary alicyclic amines) is 1. The van der Waals surface area contributed by atoms with E-state index in [1.807, 2.05) is 18.2 Å². The Bertz CT molecular complexity index is 965. The molecule has 1 atom stereocenters. The van der Waals surface area contributed by atoms with Crippen LogP contribution >= 0.6 is 11.6 Å². The summed E-state index contributed by atoms with van der Waals surface area (Å²) in [6.45, 7) is 5.61. The fourth-order valence-electron chi connectivity index (χ4n) is 4.09. The van der Waals surface area contributed by atoms with Gasteiger partial charge in [-0.15, -0.1) is 0 Å². The summed E-state index contributed by atoms with van der Waals surface area (Å²) in [5.41, 5.74) is 2.94. The molecule has 0 spiro atoms. The molecule has 0 N–H and O–H groups in total. The summed E-state index contributed by atoms with van der Waals surface area (Å²) in [6.07, 6.45) is 1.97. The average Bonchev–Trinajstić information content (AvgIpc) is 3.04. The smallest absolute Gasteiger partial charge is 0.167 e. The van der Waals surface area contributed by atoms with Crippen molar-refractivity contribution in [2.45, 2.75) is 32.9 Å². The number of para-hydroxylation sites is 2. The summed E-state index contributed by atoms with van der Waals surface area (Å²) in [7, 11) is 0. The van der Waals surface area contributed by atoms with Crippen molar-refractivity contribution in [3.8, 4) is 0 Å². The molecule has 2 heterocycles. The van der Waals surface area contributed by atoms with Gasteiger partial charge < -0.3 is 4.57 Å². The number of hydrogen-bond acceptors (Lipinski definition) is 3. The number of aryl methyl sites for hydroxylation is 1. The Kier molecular flexibility index (Phi) is 5.28. The molecule has 1 aromatic heterocycles. The van der Waals surface area contributed by atoms with E-state index in [2.05, 4.69) is 34.6 Å². The van der Waals surface area contributed by atoms with E-state index in [1.54, 1.807) is 12.1 Å². The molecule has 140 valence electrons. The number of ketones is 1. The number of benzene rings is 2. The predicted octanol–water partition coefficient (Wildman–Crippen LogP) is 4.80. The Hall–Kier alpha value is -2.17. The Balaban J connectivity index is 1.51. The van der Waals surface area contributed by atoms with Gasteiger partial charge in [0.25, 0.3) is 0 Å². The van der Waals surface area contributed by atoms with Gasteiger partial charge in [-0.2, -0.15) is 0 Å². The van der Waals surface area contributed by atoms with Crippen molar-refractivity contribution in [3.63, 3.8) is 0 Å². The zero-order valence-electron chi connectivity index (χ0n) is 15.6. The average molecular weight is 382 g/mol. The maximum atomic E-state index is 12.9. The molecule has 1 aliphatic rings. The number of rotatable bonds is 5. The number of aromatic nitrogens is 2. The number of imidazole rings is 1. The number of hydrogen-bond donors (Lipinski definition) is 0. The highest BCUT2D eigenvalue weighted by molar-refractivity contribution is 6.31. The first kappa shape index (κ1) is 18.2. The topological polar surface area (TPSA) is 38.1 Å². The number of piperidine rings is 1. The molecular formula is C22H24ClN3O. The van der Waals surface area contributed by atoms with Crippen molar-refractivity contribution in [2.24, 2.45) is 5.92 Å². The summed E-state index contributed by atoms with van der Waals surface area (Å²) >= 11 is 6.06. The Morgan fingerprint density at radius 3 is 2.89 bits per heavy atom. The predicted molar refractivity (Wildman–Crippen MR) is 109 cm³/mol. The van der Waals surface area contributed by atoms with Gasteiger partial charge in [-0.05, 0) is 50.6 Å². The van der Waals surface area contributed by atoms with Crippen LogP contribution in [0.2, 0.25) is 5.02 Å². The first-order chi connectivity index (χ1) is 13.2. The van der Waals surface area contributed by atoms with E-state index in [1.165, 1.54) is 5.52 Å². The lowest BCUT2D eigenvalue weighted by atomic mass is 9.90. The van der Waals surface area contributed by atoms with Gasteiger partial charge in [0.1, 0.15) is 5.82 Å². The van der Waals surface area contributed by atoms with E-state index >= 15 is 0 Å². The van der Waals surface area contributed by atoms with Gasteiger partial charge >= 0.3 is 0 Å². The molecular weight excluding hydrogens is 358 g/mol. The molecule has 1 aliphatic heterocycles. The molecule has 27 heavy (non-hydrogen) atoms. The lowest BCUT2D eigenvalue weighted by molar-refractivity contribution is 0.0807. The minimum atomic E-state index is 0.0247. The number of carbonyl (C=O) groups is 1. The zero-order valence-corrected chi connectivity index (χ0v) is 16.3. The monoisotopic (exact) mass is 381 g/mol. The lowest BCUT2D eigenvalue weighted by Crippen LogP contribution is -2.38. The maximum absolute atomic E-state index is 12.9. The summed E-state index contributed by atoms with van der Waals surface area (Å²) in [5, 5.41) is 0.616. The molecule has 1 saturated heterocycles. The highest BCUT2D eigenvalue weighted by atomic mass is 35.5. The zero-order chi connectivity index (χ0) is 18.8. The van der Waals surface area contributed by atoms with Crippen LogP contribution in [0.3, 0.4) is 0 Å². The third kappa shape index (κ3) is 3.78. The summed E-state index contributed by atoms with van der Waals surface area (Å²) in [5.74, 6) is 1.30. The van der Waals surface area contributed by atoms with E-state index in [4.69, 9.17) is 16.6 Å². The van der Waals surface area contributed by atoms with Crippen LogP contribution < -0.4 is 0 Å². The normalized spacial score (nSPS) is 18.1. The van der Waals surface area contributed by atoms with E-state index in [-0.39, 0.29) is 11.7 Å². The van der Waals surface area contributed by atoms with Crippen molar-refractivity contribution < 1.29 is 4.79 Å². The van der Waals surface area contributed by atoms with Gasteiger partial charge in [0, 0.05) is 29.6 Å². The van der Waals surface area contributed by atoms with E-state index < -0.39 is 0 Å². The lowest BCUT2D eigenvalue weighted by Gasteiger charge is -2.31. The van der Waals surface area contributed by atoms with Crippen LogP contribution in [0.25, 0.3) is 11.0 Å². The third-order valence-corrected chi connectivity index (χ3v) is 5.64. The molecule has 4 rings (SSSR count). The maximum Gasteiger partial charge on any atom is 0.167 e. The second-order valence-corrected chi connectivity index (χ2v) is 7.65. The van der Waals surface area contributed by atoms with Crippen molar-refractivity contribution in [1.29, 1.82) is 0 Å². The first-order valence-electron chi connectivity index (χ1n) is 9.62. The molecule has 0 amide bonds. The van der Waals surface area contributed by atoms with Crippen molar-refractivity contribution in [1.82, 2.24) is 14.5 Å². The third-order valence-electron chi connectivity index (χ3n) is 5.40. The van der Waals surface area contributed by atoms with Gasteiger partial charge in [-0.1, -0.05) is 35.9 Å². The van der Waals surface area contributed by atoms with Crippen LogP contribution in [-0.2, 0) is 13.1 Å². The van der Waals surface area contributed by atoms with Crippen LogP contribution in [0.5, 0.6) is 0 Å². The van der Waals surface area contributed by atoms with Crippen molar-refractivity contribution >= 4 is 28.4 Å². The van der Waals surface area contributed by atoms with Gasteiger partial charge in [-0.3, -0.25) is 9.69 Å². The van der Waals surface area contributed by atoms with Crippen LogP contribution in [0.15, 0.2) is 48.5 Å². The largest absolute Gasteiger partial charge is 0.327 e. The molecule has 4 nitrogen and oxygen atoms in total. The standard InChI is InChI=1S/C22H24ClN3O/c1-2-26-20-11-4-3-10-19(20)24-21(26)15-25-12-6-8-17(14-25)22(27)16-7-5-9-18(23)13-16/h3-5,7,9-11,13,17H,2,6,8,12,14-15H2,1H3. The van der Waals surface area contributed by atoms with Gasteiger partial charge in [0.2, 0.25) is 0 Å². The van der Waals surface area contributed by atoms with Gasteiger partial charge in [-0.25, -0.2) is 4.98 Å². The fraction of sp³-hybridized carbons (Fsp3) is 0.364. The van der Waals surface area contributed by atoms with Crippen molar-refractivity contribution in [3.05, 3.63) is 64.9 Å². The first-order valence-corrected chi connectivity index (χ1v) is 9.99. The molecule has 3 aromatic rings. The highest BCUT2D eigenvalue weighted by Gasteiger charge is 2.27. The highest BCUT2D eigenvalue weighted by Crippen LogP contribution is 2.24. The molecule has 0 saturated carbocycles. The molecule has 0 radical (unpaired) electrons. The second-order valence-electron chi connectivity index (χ2n) is 7.21. The molecule has 2 aromatic carbocycles. The Labute approximate surface area is 164 Å². The number of nitrogens with zero attached hydrogens (tertiary/aromatic N) is 3. The quantitative estimate of drug-likeness (QED) is 0.595. The Morgan fingerprint density at radius 2 is 2.07 bits per heavy atom. The minimum absolute atomic E-state index is 0.0247. The van der Waals surface area contributed by atoms with Crippen LogP contribution in [0.1, 0.15) is 35.9 Å².